The van der Waals surface area contributed by atoms with E-state index in [1.165, 1.54) is 12.4 Å². The number of benzene rings is 3. The highest BCUT2D eigenvalue weighted by molar-refractivity contribution is 6.07. The molecule has 214 valence electrons. The Morgan fingerprint density at radius 3 is 2.57 bits per heavy atom. The number of furan rings is 1. The van der Waals surface area contributed by atoms with Crippen LogP contribution in [0.5, 0.6) is 23.1 Å². The standard InChI is InChI=1S/C31H28N4O7/c1-4-32-30(37)29-18(2)41-25-13-21(10-11-22(25)29)42-31-23-14-27(26(39-3)15-24(23)33-17-34-31)40-16-20-7-5-19(6-8-20)9-12-28(36)35-38/h5-15,17,38H,4,16H2,1-3H3,(H,32,37)(H,35,36). The first kappa shape index (κ1) is 28.1. The zero-order chi connectivity index (χ0) is 29.6. The summed E-state index contributed by atoms with van der Waals surface area (Å²) in [5.74, 6) is 1.47. The fraction of sp³-hybridized carbons (Fsp3) is 0.161. The van der Waals surface area contributed by atoms with Crippen molar-refractivity contribution in [2.75, 3.05) is 13.7 Å². The van der Waals surface area contributed by atoms with Gasteiger partial charge in [0, 0.05) is 30.1 Å². The molecule has 0 fully saturated rings. The molecule has 0 aliphatic carbocycles. The van der Waals surface area contributed by atoms with Gasteiger partial charge >= 0.3 is 0 Å². The van der Waals surface area contributed by atoms with Crippen LogP contribution in [0.2, 0.25) is 0 Å². The van der Waals surface area contributed by atoms with Gasteiger partial charge in [0.2, 0.25) is 5.88 Å². The number of hydroxylamine groups is 1. The predicted octanol–water partition coefficient (Wildman–Crippen LogP) is 5.33. The smallest absolute Gasteiger partial charge is 0.267 e. The highest BCUT2D eigenvalue weighted by Gasteiger charge is 2.19. The third-order valence-electron chi connectivity index (χ3n) is 6.41. The van der Waals surface area contributed by atoms with E-state index in [-0.39, 0.29) is 12.5 Å². The Hall–Kier alpha value is -5.42. The summed E-state index contributed by atoms with van der Waals surface area (Å²) >= 11 is 0. The summed E-state index contributed by atoms with van der Waals surface area (Å²) in [5.41, 5.74) is 4.84. The average molecular weight is 569 g/mol. The van der Waals surface area contributed by atoms with E-state index in [0.717, 1.165) is 11.1 Å². The first-order valence-corrected chi connectivity index (χ1v) is 13.1. The highest BCUT2D eigenvalue weighted by Crippen LogP contribution is 2.37. The molecule has 0 unspecified atom stereocenters. The van der Waals surface area contributed by atoms with E-state index >= 15 is 0 Å². The number of amides is 2. The summed E-state index contributed by atoms with van der Waals surface area (Å²) in [4.78, 5) is 32.4. The van der Waals surface area contributed by atoms with Crippen LogP contribution in [-0.4, -0.2) is 40.6 Å². The minimum Gasteiger partial charge on any atom is -0.493 e. The SMILES string of the molecule is CCNC(=O)c1c(C)oc2cc(Oc3ncnc4cc(OC)c(OCc5ccc(C=CC(=O)NO)cc5)cc34)ccc12. The largest absolute Gasteiger partial charge is 0.493 e. The summed E-state index contributed by atoms with van der Waals surface area (Å²) in [6, 6.07) is 16.2. The number of hydrogen-bond acceptors (Lipinski definition) is 9. The second-order valence-corrected chi connectivity index (χ2v) is 9.19. The molecule has 11 nitrogen and oxygen atoms in total. The molecule has 5 aromatic rings. The van der Waals surface area contributed by atoms with Gasteiger partial charge in [0.1, 0.15) is 30.0 Å². The molecule has 0 aliphatic heterocycles. The molecule has 0 aliphatic rings. The van der Waals surface area contributed by atoms with Crippen LogP contribution < -0.4 is 25.0 Å². The van der Waals surface area contributed by atoms with Crippen LogP contribution in [0, 0.1) is 6.92 Å². The zero-order valence-corrected chi connectivity index (χ0v) is 23.1. The molecule has 2 amide bonds. The Bertz CT molecular complexity index is 1800. The van der Waals surface area contributed by atoms with E-state index in [9.17, 15) is 9.59 Å². The quantitative estimate of drug-likeness (QED) is 0.116. The Kier molecular flexibility index (Phi) is 8.30. The van der Waals surface area contributed by atoms with Gasteiger partial charge in [-0.3, -0.25) is 14.8 Å². The maximum atomic E-state index is 12.5. The molecule has 3 aromatic carbocycles. The Balaban J connectivity index is 1.39. The third kappa shape index (κ3) is 6.01. The molecule has 0 spiro atoms. The van der Waals surface area contributed by atoms with Gasteiger partial charge < -0.3 is 23.9 Å². The lowest BCUT2D eigenvalue weighted by molar-refractivity contribution is -0.124. The number of carbonyl (C=O) groups is 2. The molecular weight excluding hydrogens is 540 g/mol. The predicted molar refractivity (Wildman–Crippen MR) is 155 cm³/mol. The number of nitrogens with zero attached hydrogens (tertiary/aromatic N) is 2. The van der Waals surface area contributed by atoms with Gasteiger partial charge in [-0.2, -0.15) is 0 Å². The number of carbonyl (C=O) groups excluding carboxylic acids is 2. The number of aryl methyl sites for hydroxylation is 1. The van der Waals surface area contributed by atoms with Crippen molar-refractivity contribution in [3.05, 3.63) is 89.5 Å². The number of ether oxygens (including phenoxy) is 3. The molecule has 42 heavy (non-hydrogen) atoms. The van der Waals surface area contributed by atoms with E-state index in [0.29, 0.717) is 62.9 Å². The first-order valence-electron chi connectivity index (χ1n) is 13.1. The van der Waals surface area contributed by atoms with Gasteiger partial charge in [0.15, 0.2) is 11.5 Å². The summed E-state index contributed by atoms with van der Waals surface area (Å²) in [6.07, 6.45) is 4.21. The zero-order valence-electron chi connectivity index (χ0n) is 23.1. The second-order valence-electron chi connectivity index (χ2n) is 9.19. The molecule has 0 bridgehead atoms. The molecule has 0 saturated heterocycles. The summed E-state index contributed by atoms with van der Waals surface area (Å²) in [6.45, 7) is 4.37. The van der Waals surface area contributed by atoms with Crippen molar-refractivity contribution in [1.29, 1.82) is 0 Å². The lowest BCUT2D eigenvalue weighted by Gasteiger charge is -2.13. The molecule has 11 heteroatoms. The Labute approximate surface area is 240 Å². The number of rotatable bonds is 10. The molecule has 0 saturated carbocycles. The maximum Gasteiger partial charge on any atom is 0.267 e. The topological polar surface area (TPSA) is 145 Å². The van der Waals surface area contributed by atoms with E-state index in [1.54, 1.807) is 55.9 Å². The average Bonchev–Trinajstić information content (AvgIpc) is 3.34. The van der Waals surface area contributed by atoms with Crippen LogP contribution in [0.4, 0.5) is 0 Å². The van der Waals surface area contributed by atoms with Crippen LogP contribution in [0.15, 0.2) is 71.4 Å². The molecule has 5 rings (SSSR count). The van der Waals surface area contributed by atoms with Crippen molar-refractivity contribution in [3.63, 3.8) is 0 Å². The number of nitrogens with one attached hydrogen (secondary N) is 2. The Morgan fingerprint density at radius 2 is 1.83 bits per heavy atom. The summed E-state index contributed by atoms with van der Waals surface area (Å²) < 4.78 is 23.6. The molecule has 0 atom stereocenters. The number of fused-ring (bicyclic) bond motifs is 2. The maximum absolute atomic E-state index is 12.5. The van der Waals surface area contributed by atoms with Crippen LogP contribution in [-0.2, 0) is 11.4 Å². The molecule has 0 radical (unpaired) electrons. The fourth-order valence-corrected chi connectivity index (χ4v) is 4.39. The highest BCUT2D eigenvalue weighted by atomic mass is 16.5. The van der Waals surface area contributed by atoms with E-state index in [2.05, 4.69) is 15.3 Å². The van der Waals surface area contributed by atoms with Gasteiger partial charge in [0.05, 0.1) is 23.6 Å². The summed E-state index contributed by atoms with van der Waals surface area (Å²) in [7, 11) is 1.55. The van der Waals surface area contributed by atoms with Crippen LogP contribution in [0.3, 0.4) is 0 Å². The monoisotopic (exact) mass is 568 g/mol. The van der Waals surface area contributed by atoms with Crippen LogP contribution in [0.25, 0.3) is 27.9 Å². The van der Waals surface area contributed by atoms with E-state index in [1.807, 2.05) is 31.2 Å². The fourth-order valence-electron chi connectivity index (χ4n) is 4.39. The first-order chi connectivity index (χ1) is 20.4. The van der Waals surface area contributed by atoms with Gasteiger partial charge in [-0.05, 0) is 49.2 Å². The van der Waals surface area contributed by atoms with E-state index in [4.69, 9.17) is 23.8 Å². The van der Waals surface area contributed by atoms with Crippen molar-refractivity contribution in [1.82, 2.24) is 20.8 Å². The van der Waals surface area contributed by atoms with Gasteiger partial charge in [-0.1, -0.05) is 24.3 Å². The number of aromatic nitrogens is 2. The number of methoxy groups -OCH3 is 1. The van der Waals surface area contributed by atoms with Gasteiger partial charge in [0.25, 0.3) is 11.8 Å². The van der Waals surface area contributed by atoms with Gasteiger partial charge in [-0.25, -0.2) is 15.4 Å². The van der Waals surface area contributed by atoms with E-state index < -0.39 is 5.91 Å². The second kappa shape index (κ2) is 12.4. The van der Waals surface area contributed by atoms with Gasteiger partial charge in [-0.15, -0.1) is 0 Å². The normalized spacial score (nSPS) is 11.1. The van der Waals surface area contributed by atoms with Crippen molar-refractivity contribution in [2.45, 2.75) is 20.5 Å². The lowest BCUT2D eigenvalue weighted by atomic mass is 10.1. The molecule has 2 heterocycles. The molecule has 2 aromatic heterocycles. The van der Waals surface area contributed by atoms with Crippen molar-refractivity contribution in [2.24, 2.45) is 0 Å². The minimum atomic E-state index is -0.611. The minimum absolute atomic E-state index is 0.189. The van der Waals surface area contributed by atoms with Crippen LogP contribution >= 0.6 is 0 Å². The number of hydrogen-bond donors (Lipinski definition) is 3. The van der Waals surface area contributed by atoms with Crippen molar-refractivity contribution in [3.8, 4) is 23.1 Å². The lowest BCUT2D eigenvalue weighted by Crippen LogP contribution is -2.22. The summed E-state index contributed by atoms with van der Waals surface area (Å²) in [5, 5.41) is 12.7. The van der Waals surface area contributed by atoms with Crippen molar-refractivity contribution >= 4 is 39.8 Å². The Morgan fingerprint density at radius 1 is 1.02 bits per heavy atom. The third-order valence-corrected chi connectivity index (χ3v) is 6.41. The van der Waals surface area contributed by atoms with Crippen LogP contribution in [0.1, 0.15) is 34.2 Å². The molecule has 3 N–H and O–H groups in total. The molecular formula is C31H28N4O7. The van der Waals surface area contributed by atoms with Crippen molar-refractivity contribution < 1.29 is 33.4 Å².